The highest BCUT2D eigenvalue weighted by Gasteiger charge is 2.25. The molecule has 0 saturated carbocycles. The van der Waals surface area contributed by atoms with Crippen molar-refractivity contribution in [1.29, 1.82) is 0 Å². The lowest BCUT2D eigenvalue weighted by molar-refractivity contribution is -0.113. The van der Waals surface area contributed by atoms with Crippen LogP contribution in [0.2, 0.25) is 0 Å². The van der Waals surface area contributed by atoms with Gasteiger partial charge >= 0.3 is 6.09 Å². The monoisotopic (exact) mass is 448 g/mol. The molecule has 2 rings (SSSR count). The number of aryl methyl sites for hydroxylation is 1. The first-order valence-electron chi connectivity index (χ1n) is 10.4. The van der Waals surface area contributed by atoms with Crippen LogP contribution in [0.3, 0.4) is 0 Å². The van der Waals surface area contributed by atoms with Crippen molar-refractivity contribution in [2.45, 2.75) is 71.2 Å². The molecular weight excluding hydrogens is 416 g/mol. The molecule has 0 aliphatic carbocycles. The van der Waals surface area contributed by atoms with Gasteiger partial charge < -0.3 is 19.8 Å². The number of alkyl carbamates (subject to hydrolysis) is 1. The molecule has 1 aromatic heterocycles. The van der Waals surface area contributed by atoms with Crippen molar-refractivity contribution in [3.63, 3.8) is 0 Å². The number of para-hydroxylation sites is 1. The van der Waals surface area contributed by atoms with Gasteiger partial charge in [-0.2, -0.15) is 0 Å². The number of hydrogen-bond donors (Lipinski definition) is 2. The number of nitrogens with one attached hydrogen (secondary N) is 2. The van der Waals surface area contributed by atoms with E-state index in [-0.39, 0.29) is 22.8 Å². The highest BCUT2D eigenvalue weighted by atomic mass is 32.2. The minimum absolute atomic E-state index is 0.133. The van der Waals surface area contributed by atoms with E-state index in [1.165, 1.54) is 0 Å². The van der Waals surface area contributed by atoms with Crippen molar-refractivity contribution in [1.82, 2.24) is 15.5 Å². The second-order valence-corrected chi connectivity index (χ2v) is 9.51. The van der Waals surface area contributed by atoms with Gasteiger partial charge in [-0.3, -0.25) is 4.79 Å². The Morgan fingerprint density at radius 1 is 1.19 bits per heavy atom. The Hall–Kier alpha value is -2.55. The largest absolute Gasteiger partial charge is 0.444 e. The van der Waals surface area contributed by atoms with Crippen LogP contribution in [0.15, 0.2) is 33.9 Å². The quantitative estimate of drug-likeness (QED) is 0.521. The Morgan fingerprint density at radius 2 is 1.90 bits per heavy atom. The van der Waals surface area contributed by atoms with Crippen LogP contribution < -0.4 is 10.6 Å². The number of carbonyl (C=O) groups excluding carboxylic acids is 2. The van der Waals surface area contributed by atoms with Crippen LogP contribution in [0.5, 0.6) is 0 Å². The van der Waals surface area contributed by atoms with Gasteiger partial charge in [-0.15, -0.1) is 10.2 Å². The van der Waals surface area contributed by atoms with Gasteiger partial charge in [0.2, 0.25) is 11.8 Å². The van der Waals surface area contributed by atoms with E-state index in [0.717, 1.165) is 29.4 Å². The summed E-state index contributed by atoms with van der Waals surface area (Å²) in [6.07, 6.45) is 0.901. The maximum Gasteiger partial charge on any atom is 0.408 e. The van der Waals surface area contributed by atoms with Gasteiger partial charge in [-0.05, 0) is 51.2 Å². The first-order valence-corrected chi connectivity index (χ1v) is 11.4. The lowest BCUT2D eigenvalue weighted by atomic mass is 10.0. The second kappa shape index (κ2) is 11.2. The molecule has 0 unspecified atom stereocenters. The van der Waals surface area contributed by atoms with Crippen molar-refractivity contribution >= 4 is 29.4 Å². The van der Waals surface area contributed by atoms with E-state index in [1.807, 2.05) is 45.0 Å². The predicted octanol–water partition coefficient (Wildman–Crippen LogP) is 4.97. The number of carbonyl (C=O) groups is 2. The number of nitrogens with zero attached hydrogens (tertiary/aromatic N) is 2. The number of thioether (sulfide) groups is 1. The number of amides is 2. The molecule has 0 aliphatic heterocycles. The average molecular weight is 449 g/mol. The Balaban J connectivity index is 1.97. The fourth-order valence-corrected chi connectivity index (χ4v) is 3.40. The van der Waals surface area contributed by atoms with Crippen LogP contribution in [-0.4, -0.2) is 33.6 Å². The van der Waals surface area contributed by atoms with Crippen LogP contribution in [0.1, 0.15) is 65.5 Å². The summed E-state index contributed by atoms with van der Waals surface area (Å²) in [6, 6.07) is 7.23. The molecule has 0 spiro atoms. The molecule has 0 aliphatic rings. The molecule has 2 aromatic rings. The highest BCUT2D eigenvalue weighted by molar-refractivity contribution is 7.99. The Morgan fingerprint density at radius 3 is 2.55 bits per heavy atom. The molecule has 9 heteroatoms. The molecule has 1 atom stereocenters. The van der Waals surface area contributed by atoms with E-state index in [9.17, 15) is 9.59 Å². The third kappa shape index (κ3) is 8.61. The second-order valence-electron chi connectivity index (χ2n) is 8.58. The molecule has 0 saturated heterocycles. The van der Waals surface area contributed by atoms with Crippen molar-refractivity contribution in [2.24, 2.45) is 5.92 Å². The standard InChI is InChI=1S/C22H32N4O4S/c1-7-15-10-8-9-11-16(15)23-18(27)13-31-21-26-25-19(29-21)17(12-14(2)3)24-20(28)30-22(4,5)6/h8-11,14,17H,7,12-13H2,1-6H3,(H,23,27)(H,24,28)/t17-/m0/s1. The molecule has 0 bridgehead atoms. The van der Waals surface area contributed by atoms with E-state index in [2.05, 4.69) is 20.8 Å². The highest BCUT2D eigenvalue weighted by Crippen LogP contribution is 2.25. The van der Waals surface area contributed by atoms with Gasteiger partial charge in [0.15, 0.2) is 0 Å². The number of aromatic nitrogens is 2. The molecular formula is C22H32N4O4S. The Labute approximate surface area is 187 Å². The molecule has 170 valence electrons. The zero-order valence-electron chi connectivity index (χ0n) is 19.0. The summed E-state index contributed by atoms with van der Waals surface area (Å²) in [5.41, 5.74) is 1.28. The zero-order chi connectivity index (χ0) is 23.0. The van der Waals surface area contributed by atoms with E-state index < -0.39 is 17.7 Å². The molecule has 2 amide bonds. The molecule has 8 nitrogen and oxygen atoms in total. The van der Waals surface area contributed by atoms with Gasteiger partial charge in [0.05, 0.1) is 5.75 Å². The van der Waals surface area contributed by atoms with Gasteiger partial charge in [0.25, 0.3) is 5.22 Å². The molecule has 1 heterocycles. The first-order chi connectivity index (χ1) is 14.6. The smallest absolute Gasteiger partial charge is 0.408 e. The molecule has 31 heavy (non-hydrogen) atoms. The summed E-state index contributed by atoms with van der Waals surface area (Å²) >= 11 is 1.15. The normalized spacial score (nSPS) is 12.5. The van der Waals surface area contributed by atoms with Gasteiger partial charge in [-0.25, -0.2) is 4.79 Å². The van der Waals surface area contributed by atoms with Gasteiger partial charge in [0, 0.05) is 5.69 Å². The third-order valence-electron chi connectivity index (χ3n) is 4.12. The van der Waals surface area contributed by atoms with Crippen LogP contribution in [0, 0.1) is 5.92 Å². The number of rotatable bonds is 9. The third-order valence-corrected chi connectivity index (χ3v) is 4.94. The van der Waals surface area contributed by atoms with E-state index in [1.54, 1.807) is 20.8 Å². The van der Waals surface area contributed by atoms with E-state index in [4.69, 9.17) is 9.15 Å². The maximum absolute atomic E-state index is 12.3. The summed E-state index contributed by atoms with van der Waals surface area (Å²) in [5, 5.41) is 14.1. The van der Waals surface area contributed by atoms with Gasteiger partial charge in [0.1, 0.15) is 11.6 Å². The fourth-order valence-electron chi connectivity index (χ4n) is 2.83. The number of anilines is 1. The SMILES string of the molecule is CCc1ccccc1NC(=O)CSc1nnc([C@H](CC(C)C)NC(=O)OC(C)(C)C)o1. The minimum atomic E-state index is -0.605. The van der Waals surface area contributed by atoms with Crippen LogP contribution in [-0.2, 0) is 16.0 Å². The Bertz CT molecular complexity index is 876. The van der Waals surface area contributed by atoms with Crippen molar-refractivity contribution in [2.75, 3.05) is 11.1 Å². The van der Waals surface area contributed by atoms with Crippen LogP contribution >= 0.6 is 11.8 Å². The molecule has 0 radical (unpaired) electrons. The summed E-state index contributed by atoms with van der Waals surface area (Å²) in [4.78, 5) is 24.5. The lowest BCUT2D eigenvalue weighted by Crippen LogP contribution is -2.35. The summed E-state index contributed by atoms with van der Waals surface area (Å²) in [6.45, 7) is 11.5. The summed E-state index contributed by atoms with van der Waals surface area (Å²) < 4.78 is 11.0. The van der Waals surface area contributed by atoms with E-state index in [0.29, 0.717) is 12.3 Å². The topological polar surface area (TPSA) is 106 Å². The van der Waals surface area contributed by atoms with Crippen molar-refractivity contribution in [3.05, 3.63) is 35.7 Å². The number of hydrogen-bond acceptors (Lipinski definition) is 7. The average Bonchev–Trinajstić information content (AvgIpc) is 3.13. The van der Waals surface area contributed by atoms with Crippen LogP contribution in [0.25, 0.3) is 0 Å². The van der Waals surface area contributed by atoms with Crippen LogP contribution in [0.4, 0.5) is 10.5 Å². The minimum Gasteiger partial charge on any atom is -0.444 e. The maximum atomic E-state index is 12.3. The predicted molar refractivity (Wildman–Crippen MR) is 121 cm³/mol. The number of benzene rings is 1. The van der Waals surface area contributed by atoms with Crippen molar-refractivity contribution in [3.8, 4) is 0 Å². The molecule has 2 N–H and O–H groups in total. The Kier molecular flexibility index (Phi) is 8.91. The zero-order valence-corrected chi connectivity index (χ0v) is 19.8. The lowest BCUT2D eigenvalue weighted by Gasteiger charge is -2.22. The number of ether oxygens (including phenoxy) is 1. The van der Waals surface area contributed by atoms with E-state index >= 15 is 0 Å². The summed E-state index contributed by atoms with van der Waals surface area (Å²) in [7, 11) is 0. The fraction of sp³-hybridized carbons (Fsp3) is 0.545. The first kappa shape index (κ1) is 24.7. The molecule has 1 aromatic carbocycles. The molecule has 0 fully saturated rings. The van der Waals surface area contributed by atoms with Gasteiger partial charge in [-0.1, -0.05) is 50.7 Å². The summed E-state index contributed by atoms with van der Waals surface area (Å²) in [5.74, 6) is 0.552. The van der Waals surface area contributed by atoms with Crippen molar-refractivity contribution < 1.29 is 18.7 Å².